The second-order valence-corrected chi connectivity index (χ2v) is 10.4. The summed E-state index contributed by atoms with van der Waals surface area (Å²) in [5, 5.41) is 41.1. The van der Waals surface area contributed by atoms with Crippen molar-refractivity contribution in [2.75, 3.05) is 39.3 Å². The van der Waals surface area contributed by atoms with Crippen LogP contribution >= 0.6 is 23.4 Å². The Kier molecular flexibility index (Phi) is 14.2. The van der Waals surface area contributed by atoms with Gasteiger partial charge in [-0.05, 0) is 47.9 Å². The van der Waals surface area contributed by atoms with E-state index in [0.717, 1.165) is 54.0 Å². The molecule has 1 atom stereocenters. The zero-order valence-corrected chi connectivity index (χ0v) is 23.8. The van der Waals surface area contributed by atoms with E-state index in [9.17, 15) is 23.6 Å². The van der Waals surface area contributed by atoms with Gasteiger partial charge in [-0.2, -0.15) is 0 Å². The predicted octanol–water partition coefficient (Wildman–Crippen LogP) is 3.26. The van der Waals surface area contributed by atoms with Gasteiger partial charge in [-0.25, -0.2) is 23.6 Å². The Morgan fingerprint density at radius 2 is 1.38 bits per heavy atom. The molecule has 2 aromatic carbocycles. The van der Waals surface area contributed by atoms with Gasteiger partial charge in [0.25, 0.3) is 0 Å². The Morgan fingerprint density at radius 3 is 1.88 bits per heavy atom. The first-order chi connectivity index (χ1) is 19.9. The van der Waals surface area contributed by atoms with E-state index in [1.165, 1.54) is 11.1 Å². The molecule has 14 heteroatoms. The molecule has 226 valence electrons. The first-order valence-corrected chi connectivity index (χ1v) is 13.7. The topological polar surface area (TPSA) is 176 Å². The third-order valence-electron chi connectivity index (χ3n) is 5.99. The van der Waals surface area contributed by atoms with Crippen molar-refractivity contribution in [2.45, 2.75) is 22.3 Å². The number of carbonyl (C=O) groups is 4. The third-order valence-corrected chi connectivity index (χ3v) is 7.42. The molecule has 0 amide bonds. The van der Waals surface area contributed by atoms with Crippen LogP contribution in [0.4, 0.5) is 4.39 Å². The van der Waals surface area contributed by atoms with E-state index >= 15 is 0 Å². The molecule has 2 aliphatic rings. The zero-order chi connectivity index (χ0) is 31.2. The van der Waals surface area contributed by atoms with Crippen molar-refractivity contribution in [3.63, 3.8) is 0 Å². The monoisotopic (exact) mass is 624 g/mol. The molecule has 1 saturated heterocycles. The number of hydrogen-bond acceptors (Lipinski definition) is 8. The Balaban J connectivity index is 0.000000319. The molecule has 1 unspecified atom stereocenters. The number of benzene rings is 2. The van der Waals surface area contributed by atoms with Crippen LogP contribution in [-0.2, 0) is 25.6 Å². The number of hydrogen-bond donors (Lipinski definition) is 5. The molecular weight excluding hydrogens is 595 g/mol. The Bertz CT molecular complexity index is 1260. The number of carboxylic acid groups (broad SMARTS) is 4. The standard InChI is InChI=1S/C20H22ClFN2OS.2C4H4O4/c21-15-1-4-19-14(11-15)12-18(17-3-2-16(22)13-20(17)26-19)24-7-5-23(6-8-24)9-10-25;2*5-3(6)1-2-4(7)8/h1-4,11,13,18,25H,5-10,12H2;2*1-2H,(H,5,6)(H,7,8). The van der Waals surface area contributed by atoms with Gasteiger partial charge < -0.3 is 25.5 Å². The maximum atomic E-state index is 13.9. The summed E-state index contributed by atoms with van der Waals surface area (Å²) in [7, 11) is 0. The fourth-order valence-corrected chi connectivity index (χ4v) is 5.50. The number of rotatable bonds is 7. The molecule has 2 aliphatic heterocycles. The maximum absolute atomic E-state index is 13.9. The first kappa shape index (κ1) is 34.5. The molecule has 0 spiro atoms. The lowest BCUT2D eigenvalue weighted by molar-refractivity contribution is -0.134. The summed E-state index contributed by atoms with van der Waals surface area (Å²) in [5.74, 6) is -5.22. The van der Waals surface area contributed by atoms with Crippen LogP contribution in [0.15, 0.2) is 70.5 Å². The first-order valence-electron chi connectivity index (χ1n) is 12.5. The van der Waals surface area contributed by atoms with E-state index in [4.69, 9.17) is 37.1 Å². The molecule has 42 heavy (non-hydrogen) atoms. The molecule has 0 aromatic heterocycles. The van der Waals surface area contributed by atoms with Crippen molar-refractivity contribution in [1.29, 1.82) is 0 Å². The minimum absolute atomic E-state index is 0.194. The van der Waals surface area contributed by atoms with Crippen LogP contribution in [-0.4, -0.2) is 98.5 Å². The van der Waals surface area contributed by atoms with Gasteiger partial charge in [0.1, 0.15) is 5.82 Å². The summed E-state index contributed by atoms with van der Waals surface area (Å²) in [6, 6.07) is 11.4. The normalized spacial score (nSPS) is 16.7. The minimum atomic E-state index is -1.26. The summed E-state index contributed by atoms with van der Waals surface area (Å²) in [6.07, 6.45) is 3.11. The highest BCUT2D eigenvalue weighted by molar-refractivity contribution is 7.99. The van der Waals surface area contributed by atoms with Crippen LogP contribution in [0.25, 0.3) is 0 Å². The molecule has 0 aliphatic carbocycles. The smallest absolute Gasteiger partial charge is 0.328 e. The molecule has 11 nitrogen and oxygen atoms in total. The van der Waals surface area contributed by atoms with Crippen molar-refractivity contribution in [1.82, 2.24) is 9.80 Å². The summed E-state index contributed by atoms with van der Waals surface area (Å²) in [5.41, 5.74) is 2.42. The molecule has 2 aromatic rings. The zero-order valence-electron chi connectivity index (χ0n) is 22.2. The van der Waals surface area contributed by atoms with Crippen molar-refractivity contribution in [3.8, 4) is 0 Å². The van der Waals surface area contributed by atoms with E-state index in [0.29, 0.717) is 24.3 Å². The van der Waals surface area contributed by atoms with Gasteiger partial charge in [0, 0.05) is 77.9 Å². The lowest BCUT2D eigenvalue weighted by Crippen LogP contribution is -2.48. The van der Waals surface area contributed by atoms with Gasteiger partial charge in [0.2, 0.25) is 0 Å². The van der Waals surface area contributed by atoms with E-state index in [2.05, 4.69) is 9.80 Å². The van der Waals surface area contributed by atoms with E-state index < -0.39 is 23.9 Å². The number of piperazine rings is 1. The van der Waals surface area contributed by atoms with Crippen molar-refractivity contribution < 1.29 is 49.1 Å². The van der Waals surface area contributed by atoms with Crippen molar-refractivity contribution >= 4 is 47.2 Å². The Hall–Kier alpha value is -3.75. The second kappa shape index (κ2) is 17.3. The number of β-amino-alcohol motifs (C(OH)–C–C–N with tert-alkyl or cyclic N) is 1. The van der Waals surface area contributed by atoms with Crippen LogP contribution in [0.2, 0.25) is 5.02 Å². The molecule has 0 bridgehead atoms. The quantitative estimate of drug-likeness (QED) is 0.285. The highest BCUT2D eigenvalue weighted by Crippen LogP contribution is 2.43. The Labute approximate surface area is 250 Å². The van der Waals surface area contributed by atoms with Gasteiger partial charge in [0.05, 0.1) is 6.61 Å². The number of aliphatic hydroxyl groups is 1. The van der Waals surface area contributed by atoms with E-state index in [1.807, 2.05) is 24.3 Å². The average Bonchev–Trinajstić information content (AvgIpc) is 3.08. The van der Waals surface area contributed by atoms with E-state index in [1.54, 1.807) is 23.9 Å². The SMILES string of the molecule is O=C(O)C=CC(=O)O.O=C(O)C=CC(=O)O.OCCN1CCN(C2Cc3cc(Cl)ccc3Sc3cc(F)ccc32)CC1. The van der Waals surface area contributed by atoms with Crippen LogP contribution in [0.3, 0.4) is 0 Å². The number of nitrogens with zero attached hydrogens (tertiary/aromatic N) is 2. The number of carboxylic acids is 4. The number of aliphatic carboxylic acids is 4. The highest BCUT2D eigenvalue weighted by atomic mass is 35.5. The Morgan fingerprint density at radius 1 is 0.833 bits per heavy atom. The predicted molar refractivity (Wildman–Crippen MR) is 152 cm³/mol. The van der Waals surface area contributed by atoms with Crippen LogP contribution in [0.1, 0.15) is 17.2 Å². The van der Waals surface area contributed by atoms with Gasteiger partial charge in [-0.3, -0.25) is 9.80 Å². The molecule has 1 fully saturated rings. The van der Waals surface area contributed by atoms with Crippen molar-refractivity contribution in [2.24, 2.45) is 0 Å². The molecule has 0 radical (unpaired) electrons. The summed E-state index contributed by atoms with van der Waals surface area (Å²) >= 11 is 7.87. The van der Waals surface area contributed by atoms with Crippen molar-refractivity contribution in [3.05, 3.63) is 82.7 Å². The van der Waals surface area contributed by atoms with Crippen LogP contribution < -0.4 is 0 Å². The molecule has 5 N–H and O–H groups in total. The fourth-order valence-electron chi connectivity index (χ4n) is 4.17. The lowest BCUT2D eigenvalue weighted by Gasteiger charge is -2.39. The number of halogens is 2. The minimum Gasteiger partial charge on any atom is -0.478 e. The van der Waals surface area contributed by atoms with E-state index in [-0.39, 0.29) is 18.5 Å². The lowest BCUT2D eigenvalue weighted by atomic mass is 9.96. The average molecular weight is 625 g/mol. The summed E-state index contributed by atoms with van der Waals surface area (Å²) in [6.45, 7) is 4.72. The van der Waals surface area contributed by atoms with Crippen LogP contribution in [0.5, 0.6) is 0 Å². The second-order valence-electron chi connectivity index (χ2n) is 8.88. The molecule has 4 rings (SSSR count). The number of aliphatic hydroxyl groups excluding tert-OH is 1. The fraction of sp³-hybridized carbons (Fsp3) is 0.286. The highest BCUT2D eigenvalue weighted by Gasteiger charge is 2.30. The van der Waals surface area contributed by atoms with Gasteiger partial charge in [-0.1, -0.05) is 29.4 Å². The third kappa shape index (κ3) is 12.0. The number of fused-ring (bicyclic) bond motifs is 2. The molecule has 0 saturated carbocycles. The van der Waals surface area contributed by atoms with Crippen LogP contribution in [0, 0.1) is 5.82 Å². The van der Waals surface area contributed by atoms with Gasteiger partial charge >= 0.3 is 23.9 Å². The van der Waals surface area contributed by atoms with Gasteiger partial charge in [0.15, 0.2) is 0 Å². The summed E-state index contributed by atoms with van der Waals surface area (Å²) in [4.78, 5) is 45.1. The largest absolute Gasteiger partial charge is 0.478 e. The maximum Gasteiger partial charge on any atom is 0.328 e. The summed E-state index contributed by atoms with van der Waals surface area (Å²) < 4.78 is 13.9. The molecule has 2 heterocycles. The molecular formula is C28H30ClFN2O9S. The van der Waals surface area contributed by atoms with Gasteiger partial charge in [-0.15, -0.1) is 0 Å².